The second-order valence-electron chi connectivity index (χ2n) is 6.79. The van der Waals surface area contributed by atoms with Crippen LogP contribution in [0.25, 0.3) is 10.9 Å². The fraction of sp³-hybridized carbons (Fsp3) is 0.304. The van der Waals surface area contributed by atoms with E-state index in [1.54, 1.807) is 0 Å². The van der Waals surface area contributed by atoms with E-state index in [4.69, 9.17) is 7.85 Å². The maximum Gasteiger partial charge on any atom is 0.213 e. The average Bonchev–Trinajstić information content (AvgIpc) is 2.73. The van der Waals surface area contributed by atoms with Crippen molar-refractivity contribution in [2.45, 2.75) is 38.5 Å². The van der Waals surface area contributed by atoms with Gasteiger partial charge in [0.05, 0.1) is 25.1 Å². The van der Waals surface area contributed by atoms with Gasteiger partial charge in [0, 0.05) is 31.2 Å². The molecule has 2 radical (unpaired) electrons. The van der Waals surface area contributed by atoms with Crippen molar-refractivity contribution in [3.63, 3.8) is 0 Å². The van der Waals surface area contributed by atoms with Crippen molar-refractivity contribution in [3.8, 4) is 0 Å². The van der Waals surface area contributed by atoms with Crippen molar-refractivity contribution < 1.29 is 4.57 Å². The van der Waals surface area contributed by atoms with Crippen LogP contribution >= 0.6 is 0 Å². The second-order valence-corrected chi connectivity index (χ2v) is 6.79. The Morgan fingerprint density at radius 2 is 1.67 bits per heavy atom. The third-order valence-corrected chi connectivity index (χ3v) is 4.81. The number of hydrogen-bond acceptors (Lipinski definition) is 2. The number of rotatable bonds is 9. The van der Waals surface area contributed by atoms with E-state index >= 15 is 0 Å². The lowest BCUT2D eigenvalue weighted by molar-refractivity contribution is -0.671. The molecule has 27 heavy (non-hydrogen) atoms. The Balaban J connectivity index is 1.77. The highest BCUT2D eigenvalue weighted by Crippen LogP contribution is 2.16. The van der Waals surface area contributed by atoms with E-state index in [1.165, 1.54) is 30.2 Å². The summed E-state index contributed by atoms with van der Waals surface area (Å²) in [6, 6.07) is 20.9. The van der Waals surface area contributed by atoms with Gasteiger partial charge in [0.2, 0.25) is 5.52 Å². The van der Waals surface area contributed by atoms with Gasteiger partial charge in [-0.05, 0) is 24.6 Å². The van der Waals surface area contributed by atoms with Crippen LogP contribution in [0.15, 0.2) is 72.0 Å². The zero-order chi connectivity index (χ0) is 18.9. The fourth-order valence-corrected chi connectivity index (χ4v) is 3.26. The first-order valence-corrected chi connectivity index (χ1v) is 9.73. The summed E-state index contributed by atoms with van der Waals surface area (Å²) in [4.78, 5) is 0. The van der Waals surface area contributed by atoms with E-state index in [0.717, 1.165) is 30.5 Å². The SMILES string of the molecule is [B]CCCCCC[n+]1ccc(/C=N/N(C)c2ccccc2)c2ccccc21. The predicted molar refractivity (Wildman–Crippen MR) is 116 cm³/mol. The molecule has 136 valence electrons. The molecular formula is C23H27BN3+. The smallest absolute Gasteiger partial charge is 0.213 e. The minimum Gasteiger partial charge on any atom is -0.269 e. The molecule has 0 bridgehead atoms. The number of para-hydroxylation sites is 2. The van der Waals surface area contributed by atoms with Gasteiger partial charge in [0.15, 0.2) is 6.20 Å². The third-order valence-electron chi connectivity index (χ3n) is 4.81. The summed E-state index contributed by atoms with van der Waals surface area (Å²) in [6.07, 6.45) is 9.65. The first kappa shape index (κ1) is 19.2. The van der Waals surface area contributed by atoms with Crippen LogP contribution in [0.1, 0.15) is 31.2 Å². The predicted octanol–water partition coefficient (Wildman–Crippen LogP) is 4.74. The maximum atomic E-state index is 5.58. The van der Waals surface area contributed by atoms with Crippen molar-refractivity contribution in [2.24, 2.45) is 5.10 Å². The molecule has 0 aliphatic carbocycles. The molecule has 4 heteroatoms. The van der Waals surface area contributed by atoms with Crippen LogP contribution in [0, 0.1) is 0 Å². The lowest BCUT2D eigenvalue weighted by Crippen LogP contribution is -2.34. The summed E-state index contributed by atoms with van der Waals surface area (Å²) in [5.74, 6) is 0. The van der Waals surface area contributed by atoms with Gasteiger partial charge in [-0.25, -0.2) is 0 Å². The molecule has 0 spiro atoms. The third kappa shape index (κ3) is 5.19. The molecule has 2 aromatic carbocycles. The monoisotopic (exact) mass is 356 g/mol. The van der Waals surface area contributed by atoms with E-state index in [2.05, 4.69) is 58.3 Å². The molecule has 0 amide bonds. The number of hydrazone groups is 1. The average molecular weight is 356 g/mol. The van der Waals surface area contributed by atoms with Gasteiger partial charge in [-0.2, -0.15) is 9.67 Å². The molecular weight excluding hydrogens is 329 g/mol. The summed E-state index contributed by atoms with van der Waals surface area (Å²) in [7, 11) is 7.55. The number of anilines is 1. The number of hydrogen-bond donors (Lipinski definition) is 0. The molecule has 0 N–H and O–H groups in total. The summed E-state index contributed by atoms with van der Waals surface area (Å²) in [5.41, 5.74) is 3.46. The largest absolute Gasteiger partial charge is 0.269 e. The zero-order valence-corrected chi connectivity index (χ0v) is 16.1. The molecule has 3 nitrogen and oxygen atoms in total. The molecule has 0 saturated carbocycles. The van der Waals surface area contributed by atoms with E-state index in [9.17, 15) is 0 Å². The summed E-state index contributed by atoms with van der Waals surface area (Å²) in [6.45, 7) is 1.03. The summed E-state index contributed by atoms with van der Waals surface area (Å²) >= 11 is 0. The van der Waals surface area contributed by atoms with Crippen LogP contribution in [0.5, 0.6) is 0 Å². The van der Waals surface area contributed by atoms with Gasteiger partial charge >= 0.3 is 0 Å². The zero-order valence-electron chi connectivity index (χ0n) is 16.1. The minimum absolute atomic E-state index is 0.793. The lowest BCUT2D eigenvalue weighted by Gasteiger charge is -2.12. The van der Waals surface area contributed by atoms with E-state index < -0.39 is 0 Å². The van der Waals surface area contributed by atoms with Crippen molar-refractivity contribution in [3.05, 3.63) is 72.4 Å². The van der Waals surface area contributed by atoms with Crippen LogP contribution in [0.4, 0.5) is 5.69 Å². The maximum absolute atomic E-state index is 5.58. The van der Waals surface area contributed by atoms with Crippen molar-refractivity contribution >= 4 is 30.7 Å². The Labute approximate surface area is 163 Å². The topological polar surface area (TPSA) is 19.5 Å². The van der Waals surface area contributed by atoms with E-state index in [0.29, 0.717) is 0 Å². The highest BCUT2D eigenvalue weighted by Gasteiger charge is 2.11. The van der Waals surface area contributed by atoms with Gasteiger partial charge in [0.1, 0.15) is 6.54 Å². The Morgan fingerprint density at radius 1 is 0.926 bits per heavy atom. The molecule has 3 rings (SSSR count). The fourth-order valence-electron chi connectivity index (χ4n) is 3.26. The van der Waals surface area contributed by atoms with E-state index in [-0.39, 0.29) is 0 Å². The lowest BCUT2D eigenvalue weighted by atomic mass is 9.99. The Bertz CT molecular complexity index is 877. The van der Waals surface area contributed by atoms with Crippen LogP contribution in [-0.4, -0.2) is 21.1 Å². The number of benzene rings is 2. The molecule has 1 aromatic heterocycles. The van der Waals surface area contributed by atoms with Gasteiger partial charge in [0.25, 0.3) is 0 Å². The quantitative estimate of drug-likeness (QED) is 0.178. The van der Waals surface area contributed by atoms with Crippen LogP contribution in [0.2, 0.25) is 6.32 Å². The van der Waals surface area contributed by atoms with Crippen molar-refractivity contribution in [1.82, 2.24) is 0 Å². The highest BCUT2D eigenvalue weighted by molar-refractivity contribution is 6.08. The Kier molecular flexibility index (Phi) is 7.03. The number of aryl methyl sites for hydroxylation is 1. The number of fused-ring (bicyclic) bond motifs is 1. The van der Waals surface area contributed by atoms with Gasteiger partial charge < -0.3 is 0 Å². The standard InChI is InChI=1S/C23H27BN3/c1-26(21-11-5-4-6-12-21)25-19-20-15-18-27(17-10-3-2-9-16-24)23-14-8-7-13-22(20)23/h4-8,11-15,18-19H,2-3,9-10,16-17H2,1H3/q+1. The number of aromatic nitrogens is 1. The van der Waals surface area contributed by atoms with Gasteiger partial charge in [-0.1, -0.05) is 49.5 Å². The summed E-state index contributed by atoms with van der Waals surface area (Å²) < 4.78 is 2.34. The number of unbranched alkanes of at least 4 members (excludes halogenated alkanes) is 3. The van der Waals surface area contributed by atoms with Crippen molar-refractivity contribution in [2.75, 3.05) is 12.1 Å². The molecule has 0 saturated heterocycles. The van der Waals surface area contributed by atoms with Crippen molar-refractivity contribution in [1.29, 1.82) is 0 Å². The van der Waals surface area contributed by atoms with Crippen LogP contribution < -0.4 is 9.58 Å². The van der Waals surface area contributed by atoms with Gasteiger partial charge in [-0.15, -0.1) is 0 Å². The van der Waals surface area contributed by atoms with Gasteiger partial charge in [-0.3, -0.25) is 5.01 Å². The molecule has 0 aliphatic rings. The molecule has 3 aromatic rings. The Hall–Kier alpha value is -2.62. The first-order valence-electron chi connectivity index (χ1n) is 9.73. The molecule has 0 aliphatic heterocycles. The highest BCUT2D eigenvalue weighted by atomic mass is 15.4. The molecule has 0 unspecified atom stereocenters. The van der Waals surface area contributed by atoms with E-state index in [1.807, 2.05) is 36.5 Å². The molecule has 1 heterocycles. The number of nitrogens with zero attached hydrogens (tertiary/aromatic N) is 3. The second kappa shape index (κ2) is 9.91. The number of pyridine rings is 1. The molecule has 0 fully saturated rings. The minimum atomic E-state index is 0.793. The Morgan fingerprint density at radius 3 is 2.48 bits per heavy atom. The first-order chi connectivity index (χ1) is 13.3. The van der Waals surface area contributed by atoms with Crippen LogP contribution in [-0.2, 0) is 6.54 Å². The normalized spacial score (nSPS) is 11.3. The van der Waals surface area contributed by atoms with Crippen LogP contribution in [0.3, 0.4) is 0 Å². The molecule has 0 atom stereocenters. The summed E-state index contributed by atoms with van der Waals surface area (Å²) in [5, 5.41) is 7.75.